The molecule has 23 heavy (non-hydrogen) atoms. The molecule has 7 heteroatoms. The Morgan fingerprint density at radius 1 is 1.17 bits per heavy atom. The number of carboxylic acids is 1. The van der Waals surface area contributed by atoms with Crippen LogP contribution in [0.3, 0.4) is 0 Å². The lowest BCUT2D eigenvalue weighted by Crippen LogP contribution is -2.44. The second-order valence-corrected chi connectivity index (χ2v) is 4.79. The molecule has 2 atom stereocenters. The summed E-state index contributed by atoms with van der Waals surface area (Å²) in [6, 6.07) is 5.78. The lowest BCUT2D eigenvalue weighted by Gasteiger charge is -2.30. The molecule has 2 N–H and O–H groups in total. The van der Waals surface area contributed by atoms with Crippen LogP contribution in [0.25, 0.3) is 0 Å². The van der Waals surface area contributed by atoms with Gasteiger partial charge < -0.3 is 19.7 Å². The highest BCUT2D eigenvalue weighted by atomic mass is 16.7. The average Bonchev–Trinajstić information content (AvgIpc) is 2.46. The van der Waals surface area contributed by atoms with Crippen LogP contribution in [0, 0.1) is 5.92 Å². The molecular weight excluding hydrogens is 304 g/mol. The Hall–Kier alpha value is -2.93. The molecule has 0 radical (unpaired) electrons. The number of ether oxygens (including phenoxy) is 2. The van der Waals surface area contributed by atoms with Crippen molar-refractivity contribution in [2.24, 2.45) is 5.92 Å². The van der Waals surface area contributed by atoms with Crippen molar-refractivity contribution in [3.8, 4) is 5.75 Å². The summed E-state index contributed by atoms with van der Waals surface area (Å²) in [7, 11) is 0. The molecule has 0 aliphatic heterocycles. The molecule has 0 fully saturated rings. The van der Waals surface area contributed by atoms with E-state index in [1.165, 1.54) is 43.4 Å². The van der Waals surface area contributed by atoms with E-state index in [2.05, 4.69) is 0 Å². The Labute approximate surface area is 131 Å². The first-order valence-electron chi connectivity index (χ1n) is 6.65. The monoisotopic (exact) mass is 318 g/mol. The molecule has 1 aliphatic carbocycles. The number of carbonyl (C=O) groups excluding carboxylic acids is 2. The molecule has 0 heterocycles. The highest BCUT2D eigenvalue weighted by molar-refractivity contribution is 5.94. The van der Waals surface area contributed by atoms with Crippen LogP contribution in [0.15, 0.2) is 48.6 Å². The molecule has 1 aliphatic rings. The lowest BCUT2D eigenvalue weighted by atomic mass is 9.94. The van der Waals surface area contributed by atoms with Gasteiger partial charge in [0.25, 0.3) is 0 Å². The second-order valence-electron chi connectivity index (χ2n) is 4.79. The number of aliphatic carboxylic acids is 1. The zero-order valence-corrected chi connectivity index (χ0v) is 12.1. The van der Waals surface area contributed by atoms with Crippen LogP contribution >= 0.6 is 0 Å². The third-order valence-electron chi connectivity index (χ3n) is 3.08. The molecule has 0 saturated heterocycles. The maximum atomic E-state index is 12.3. The highest BCUT2D eigenvalue weighted by Crippen LogP contribution is 2.29. The van der Waals surface area contributed by atoms with Crippen molar-refractivity contribution in [1.82, 2.24) is 0 Å². The van der Waals surface area contributed by atoms with Crippen LogP contribution in [0.1, 0.15) is 17.3 Å². The van der Waals surface area contributed by atoms with Gasteiger partial charge in [-0.2, -0.15) is 0 Å². The number of para-hydroxylation sites is 1. The SMILES string of the molecule is CC(=O)Oc1ccccc1C(=O)OC1(O)C=CC=CC1C(=O)O. The van der Waals surface area contributed by atoms with E-state index in [0.29, 0.717) is 0 Å². The van der Waals surface area contributed by atoms with Crippen LogP contribution in [-0.2, 0) is 14.3 Å². The van der Waals surface area contributed by atoms with E-state index in [4.69, 9.17) is 14.6 Å². The number of hydrogen-bond donors (Lipinski definition) is 2. The van der Waals surface area contributed by atoms with E-state index in [-0.39, 0.29) is 11.3 Å². The van der Waals surface area contributed by atoms with E-state index in [1.807, 2.05) is 0 Å². The molecule has 120 valence electrons. The van der Waals surface area contributed by atoms with Crippen molar-refractivity contribution < 1.29 is 34.1 Å². The molecule has 2 unspecified atom stereocenters. The summed E-state index contributed by atoms with van der Waals surface area (Å²) in [5.74, 6) is -6.83. The third-order valence-corrected chi connectivity index (χ3v) is 3.08. The fraction of sp³-hybridized carbons (Fsp3) is 0.188. The van der Waals surface area contributed by atoms with Gasteiger partial charge in [-0.3, -0.25) is 9.59 Å². The lowest BCUT2D eigenvalue weighted by molar-refractivity contribution is -0.177. The third kappa shape index (κ3) is 3.64. The highest BCUT2D eigenvalue weighted by Gasteiger charge is 2.43. The summed E-state index contributed by atoms with van der Waals surface area (Å²) in [5, 5.41) is 19.5. The minimum atomic E-state index is -2.33. The largest absolute Gasteiger partial charge is 0.481 e. The molecule has 1 aromatic carbocycles. The quantitative estimate of drug-likeness (QED) is 0.489. The van der Waals surface area contributed by atoms with Crippen molar-refractivity contribution in [3.63, 3.8) is 0 Å². The maximum Gasteiger partial charge on any atom is 0.344 e. The van der Waals surface area contributed by atoms with Gasteiger partial charge in [0.15, 0.2) is 0 Å². The molecule has 0 bridgehead atoms. The number of allylic oxidation sites excluding steroid dienone is 2. The number of hydrogen-bond acceptors (Lipinski definition) is 6. The van der Waals surface area contributed by atoms with E-state index in [9.17, 15) is 19.5 Å². The van der Waals surface area contributed by atoms with Crippen LogP contribution in [0.5, 0.6) is 5.75 Å². The fourth-order valence-corrected chi connectivity index (χ4v) is 2.05. The molecule has 2 rings (SSSR count). The molecular formula is C16H14O7. The minimum Gasteiger partial charge on any atom is -0.481 e. The van der Waals surface area contributed by atoms with Gasteiger partial charge in [-0.05, 0) is 18.2 Å². The Balaban J connectivity index is 2.28. The van der Waals surface area contributed by atoms with E-state index < -0.39 is 29.6 Å². The molecule has 0 saturated carbocycles. The number of esters is 2. The van der Waals surface area contributed by atoms with E-state index in [0.717, 1.165) is 6.08 Å². The van der Waals surface area contributed by atoms with E-state index >= 15 is 0 Å². The van der Waals surface area contributed by atoms with Crippen molar-refractivity contribution in [2.75, 3.05) is 0 Å². The maximum absolute atomic E-state index is 12.3. The molecule has 0 aromatic heterocycles. The normalized spacial score (nSPS) is 22.4. The first-order valence-corrected chi connectivity index (χ1v) is 6.65. The summed E-state index contributed by atoms with van der Waals surface area (Å²) in [6.45, 7) is 1.17. The first kappa shape index (κ1) is 16.4. The zero-order valence-electron chi connectivity index (χ0n) is 12.1. The number of carbonyl (C=O) groups is 3. The van der Waals surface area contributed by atoms with Gasteiger partial charge in [-0.15, -0.1) is 0 Å². The van der Waals surface area contributed by atoms with Crippen LogP contribution in [0.2, 0.25) is 0 Å². The molecule has 0 spiro atoms. The summed E-state index contributed by atoms with van der Waals surface area (Å²) < 4.78 is 9.86. The Morgan fingerprint density at radius 2 is 1.87 bits per heavy atom. The van der Waals surface area contributed by atoms with Gasteiger partial charge in [0, 0.05) is 6.92 Å². The van der Waals surface area contributed by atoms with Crippen molar-refractivity contribution in [1.29, 1.82) is 0 Å². The average molecular weight is 318 g/mol. The Morgan fingerprint density at radius 3 is 2.52 bits per heavy atom. The standard InChI is InChI=1S/C16H14O7/c1-10(17)22-13-8-3-2-6-11(13)15(20)23-16(21)9-5-4-7-12(16)14(18)19/h2-9,12,21H,1H3,(H,18,19). The van der Waals surface area contributed by atoms with Crippen LogP contribution in [-0.4, -0.2) is 33.9 Å². The topological polar surface area (TPSA) is 110 Å². The number of rotatable bonds is 4. The smallest absolute Gasteiger partial charge is 0.344 e. The van der Waals surface area contributed by atoms with Crippen LogP contribution in [0.4, 0.5) is 0 Å². The Bertz CT molecular complexity index is 704. The van der Waals surface area contributed by atoms with Crippen molar-refractivity contribution >= 4 is 17.9 Å². The zero-order chi connectivity index (χ0) is 17.0. The minimum absolute atomic E-state index is 0.0455. The van der Waals surface area contributed by atoms with Gasteiger partial charge in [0.05, 0.1) is 0 Å². The van der Waals surface area contributed by atoms with Gasteiger partial charge in [0.1, 0.15) is 17.2 Å². The predicted octanol–water partition coefficient (Wildman–Crippen LogP) is 1.28. The number of carboxylic acid groups (broad SMARTS) is 1. The van der Waals surface area contributed by atoms with Crippen LogP contribution < -0.4 is 4.74 Å². The second kappa shape index (κ2) is 6.45. The van der Waals surface area contributed by atoms with Gasteiger partial charge >= 0.3 is 17.9 Å². The van der Waals surface area contributed by atoms with Crippen molar-refractivity contribution in [3.05, 3.63) is 54.1 Å². The van der Waals surface area contributed by atoms with E-state index in [1.54, 1.807) is 6.07 Å². The van der Waals surface area contributed by atoms with Gasteiger partial charge in [-0.1, -0.05) is 30.4 Å². The first-order chi connectivity index (χ1) is 10.8. The number of benzene rings is 1. The molecule has 7 nitrogen and oxygen atoms in total. The summed E-state index contributed by atoms with van der Waals surface area (Å²) in [6.07, 6.45) is 5.06. The number of aliphatic hydroxyl groups is 1. The van der Waals surface area contributed by atoms with Gasteiger partial charge in [0.2, 0.25) is 5.79 Å². The summed E-state index contributed by atoms with van der Waals surface area (Å²) in [5.41, 5.74) is -0.108. The Kier molecular flexibility index (Phi) is 4.61. The van der Waals surface area contributed by atoms with Gasteiger partial charge in [-0.25, -0.2) is 4.79 Å². The molecule has 1 aromatic rings. The predicted molar refractivity (Wildman–Crippen MR) is 77.5 cm³/mol. The summed E-state index contributed by atoms with van der Waals surface area (Å²) >= 11 is 0. The fourth-order valence-electron chi connectivity index (χ4n) is 2.05. The van der Waals surface area contributed by atoms with Crippen molar-refractivity contribution in [2.45, 2.75) is 12.7 Å². The summed E-state index contributed by atoms with van der Waals surface area (Å²) in [4.78, 5) is 34.5. The molecule has 0 amide bonds.